The van der Waals surface area contributed by atoms with Gasteiger partial charge in [-0.25, -0.2) is 4.98 Å². The predicted molar refractivity (Wildman–Crippen MR) is 81.2 cm³/mol. The lowest BCUT2D eigenvalue weighted by Crippen LogP contribution is -2.15. The zero-order chi connectivity index (χ0) is 14.8. The molecule has 1 aromatic carbocycles. The number of nitrogens with one attached hydrogen (secondary N) is 1. The van der Waals surface area contributed by atoms with Crippen molar-refractivity contribution in [1.82, 2.24) is 9.97 Å². The fourth-order valence-electron chi connectivity index (χ4n) is 2.13. The molecule has 3 heteroatoms. The third-order valence-corrected chi connectivity index (χ3v) is 3.36. The maximum Gasteiger partial charge on any atom is 0.126 e. The maximum absolute atomic E-state index is 9.14. The van der Waals surface area contributed by atoms with Gasteiger partial charge in [0.25, 0.3) is 0 Å². The molecule has 0 saturated carbocycles. The van der Waals surface area contributed by atoms with Gasteiger partial charge in [-0.1, -0.05) is 38.1 Å². The van der Waals surface area contributed by atoms with Gasteiger partial charge in [0.1, 0.15) is 11.2 Å². The Morgan fingerprint density at radius 1 is 1.25 bits per heavy atom. The standard InChI is InChI=1S/C17H21N3/c1-12(2)9-13-5-7-14(8-6-13)15-10-19-16(20-15)17(3,4)11-18/h5-8,10,12H,9H2,1-4H3,(H,19,20). The van der Waals surface area contributed by atoms with Crippen molar-refractivity contribution in [2.75, 3.05) is 0 Å². The van der Waals surface area contributed by atoms with Crippen molar-refractivity contribution in [3.63, 3.8) is 0 Å². The molecule has 0 unspecified atom stereocenters. The first-order chi connectivity index (χ1) is 9.42. The molecule has 3 nitrogen and oxygen atoms in total. The van der Waals surface area contributed by atoms with E-state index >= 15 is 0 Å². The van der Waals surface area contributed by atoms with Crippen molar-refractivity contribution in [3.05, 3.63) is 41.9 Å². The molecule has 0 amide bonds. The number of aromatic nitrogens is 2. The lowest BCUT2D eigenvalue weighted by Gasteiger charge is -2.10. The molecule has 1 aromatic heterocycles. The third-order valence-electron chi connectivity index (χ3n) is 3.36. The van der Waals surface area contributed by atoms with Crippen LogP contribution >= 0.6 is 0 Å². The highest BCUT2D eigenvalue weighted by molar-refractivity contribution is 5.59. The first kappa shape index (κ1) is 14.3. The van der Waals surface area contributed by atoms with E-state index in [0.29, 0.717) is 11.7 Å². The molecule has 104 valence electrons. The quantitative estimate of drug-likeness (QED) is 0.907. The van der Waals surface area contributed by atoms with Crippen molar-refractivity contribution < 1.29 is 0 Å². The topological polar surface area (TPSA) is 52.5 Å². The molecule has 0 aliphatic carbocycles. The Kier molecular flexibility index (Phi) is 3.94. The summed E-state index contributed by atoms with van der Waals surface area (Å²) in [6, 6.07) is 10.8. The van der Waals surface area contributed by atoms with E-state index in [9.17, 15) is 0 Å². The Balaban J connectivity index is 2.23. The number of hydrogen-bond donors (Lipinski definition) is 1. The van der Waals surface area contributed by atoms with Crippen molar-refractivity contribution in [3.8, 4) is 17.3 Å². The van der Waals surface area contributed by atoms with Gasteiger partial charge in [0.2, 0.25) is 0 Å². The van der Waals surface area contributed by atoms with Gasteiger partial charge in [0.05, 0.1) is 18.0 Å². The highest BCUT2D eigenvalue weighted by atomic mass is 14.9. The molecule has 2 aromatic rings. The second kappa shape index (κ2) is 5.50. The highest BCUT2D eigenvalue weighted by Gasteiger charge is 2.23. The zero-order valence-corrected chi connectivity index (χ0v) is 12.6. The van der Waals surface area contributed by atoms with Gasteiger partial charge in [0, 0.05) is 0 Å². The summed E-state index contributed by atoms with van der Waals surface area (Å²) in [7, 11) is 0. The van der Waals surface area contributed by atoms with Gasteiger partial charge in [-0.2, -0.15) is 5.26 Å². The van der Waals surface area contributed by atoms with Crippen molar-refractivity contribution in [1.29, 1.82) is 5.26 Å². The number of hydrogen-bond acceptors (Lipinski definition) is 2. The highest BCUT2D eigenvalue weighted by Crippen LogP contribution is 2.24. The van der Waals surface area contributed by atoms with Gasteiger partial charge in [-0.3, -0.25) is 0 Å². The molecule has 0 aliphatic rings. The first-order valence-corrected chi connectivity index (χ1v) is 6.98. The number of nitrogens with zero attached hydrogens (tertiary/aromatic N) is 2. The minimum Gasteiger partial charge on any atom is -0.341 e. The fraction of sp³-hybridized carbons (Fsp3) is 0.412. The van der Waals surface area contributed by atoms with Gasteiger partial charge in [0.15, 0.2) is 0 Å². The number of imidazole rings is 1. The summed E-state index contributed by atoms with van der Waals surface area (Å²) in [6.45, 7) is 8.17. The van der Waals surface area contributed by atoms with E-state index in [2.05, 4.69) is 54.2 Å². The molecule has 0 bridgehead atoms. The van der Waals surface area contributed by atoms with Crippen LogP contribution in [0.4, 0.5) is 0 Å². The maximum atomic E-state index is 9.14. The van der Waals surface area contributed by atoms with E-state index in [1.54, 1.807) is 6.20 Å². The Hall–Kier alpha value is -2.08. The molecule has 0 fully saturated rings. The summed E-state index contributed by atoms with van der Waals surface area (Å²) < 4.78 is 0. The van der Waals surface area contributed by atoms with Crippen LogP contribution in [-0.2, 0) is 11.8 Å². The van der Waals surface area contributed by atoms with Crippen LogP contribution in [0.5, 0.6) is 0 Å². The SMILES string of the molecule is CC(C)Cc1ccc(-c2cnc(C(C)(C)C#N)[nH]2)cc1. The molecule has 0 radical (unpaired) electrons. The van der Waals surface area contributed by atoms with Crippen LogP contribution in [-0.4, -0.2) is 9.97 Å². The smallest absolute Gasteiger partial charge is 0.126 e. The Labute approximate surface area is 120 Å². The zero-order valence-electron chi connectivity index (χ0n) is 12.6. The van der Waals surface area contributed by atoms with E-state index in [1.165, 1.54) is 5.56 Å². The van der Waals surface area contributed by atoms with Crippen LogP contribution < -0.4 is 0 Å². The van der Waals surface area contributed by atoms with Crippen molar-refractivity contribution in [2.24, 2.45) is 5.92 Å². The molecule has 0 saturated heterocycles. The van der Waals surface area contributed by atoms with E-state index < -0.39 is 5.41 Å². The van der Waals surface area contributed by atoms with Crippen LogP contribution in [0.25, 0.3) is 11.3 Å². The summed E-state index contributed by atoms with van der Waals surface area (Å²) in [6.07, 6.45) is 2.89. The number of nitriles is 1. The number of aromatic amines is 1. The minimum absolute atomic E-state index is 0.587. The first-order valence-electron chi connectivity index (χ1n) is 6.98. The summed E-state index contributed by atoms with van der Waals surface area (Å²) in [5.74, 6) is 1.37. The molecule has 0 atom stereocenters. The minimum atomic E-state index is -0.587. The normalized spacial score (nSPS) is 11.6. The van der Waals surface area contributed by atoms with Crippen LogP contribution in [0.3, 0.4) is 0 Å². The van der Waals surface area contributed by atoms with Gasteiger partial charge in [-0.05, 0) is 37.3 Å². The average molecular weight is 267 g/mol. The van der Waals surface area contributed by atoms with Gasteiger partial charge in [-0.15, -0.1) is 0 Å². The van der Waals surface area contributed by atoms with Crippen molar-refractivity contribution >= 4 is 0 Å². The number of rotatable bonds is 4. The summed E-state index contributed by atoms with van der Waals surface area (Å²) in [5.41, 5.74) is 2.82. The Bertz CT molecular complexity index is 612. The number of H-pyrrole nitrogens is 1. The molecule has 1 heterocycles. The molecule has 1 N–H and O–H groups in total. The molecule has 2 rings (SSSR count). The summed E-state index contributed by atoms with van der Waals surface area (Å²) >= 11 is 0. The second-order valence-electron chi connectivity index (χ2n) is 6.18. The van der Waals surface area contributed by atoms with Crippen LogP contribution in [0.1, 0.15) is 39.1 Å². The van der Waals surface area contributed by atoms with E-state index in [1.807, 2.05) is 13.8 Å². The predicted octanol–water partition coefficient (Wildman–Crippen LogP) is 4.08. The lowest BCUT2D eigenvalue weighted by molar-refractivity contribution is 0.639. The van der Waals surface area contributed by atoms with Gasteiger partial charge >= 0.3 is 0 Å². The monoisotopic (exact) mass is 267 g/mol. The van der Waals surface area contributed by atoms with Gasteiger partial charge < -0.3 is 4.98 Å². The fourth-order valence-corrected chi connectivity index (χ4v) is 2.13. The summed E-state index contributed by atoms with van der Waals surface area (Å²) in [5, 5.41) is 9.14. The molecule has 0 aliphatic heterocycles. The molecular weight excluding hydrogens is 246 g/mol. The van der Waals surface area contributed by atoms with Crippen LogP contribution in [0, 0.1) is 17.2 Å². The average Bonchev–Trinajstić information content (AvgIpc) is 2.89. The van der Waals surface area contributed by atoms with E-state index in [0.717, 1.165) is 17.7 Å². The summed E-state index contributed by atoms with van der Waals surface area (Å²) in [4.78, 5) is 7.58. The van der Waals surface area contributed by atoms with E-state index in [4.69, 9.17) is 5.26 Å². The van der Waals surface area contributed by atoms with Crippen LogP contribution in [0.15, 0.2) is 30.5 Å². The van der Waals surface area contributed by atoms with E-state index in [-0.39, 0.29) is 0 Å². The Morgan fingerprint density at radius 2 is 1.90 bits per heavy atom. The molecular formula is C17H21N3. The molecule has 0 spiro atoms. The largest absolute Gasteiger partial charge is 0.341 e. The second-order valence-corrected chi connectivity index (χ2v) is 6.18. The third kappa shape index (κ3) is 3.08. The lowest BCUT2D eigenvalue weighted by atomic mass is 9.95. The Morgan fingerprint density at radius 3 is 2.45 bits per heavy atom. The van der Waals surface area contributed by atoms with Crippen molar-refractivity contribution in [2.45, 2.75) is 39.5 Å². The number of benzene rings is 1. The molecule has 20 heavy (non-hydrogen) atoms. The van der Waals surface area contributed by atoms with Crippen LogP contribution in [0.2, 0.25) is 0 Å².